The Balaban J connectivity index is 2.30. The zero-order valence-electron chi connectivity index (χ0n) is 9.37. The van der Waals surface area contributed by atoms with E-state index in [9.17, 15) is 4.79 Å². The van der Waals surface area contributed by atoms with Gasteiger partial charge in [-0.3, -0.25) is 4.79 Å². The number of halogens is 1. The Morgan fingerprint density at radius 3 is 2.69 bits per heavy atom. The molecule has 1 fully saturated rings. The van der Waals surface area contributed by atoms with Crippen LogP contribution in [0.25, 0.3) is 0 Å². The zero-order valence-corrected chi connectivity index (χ0v) is 10.1. The molecule has 2 rings (SSSR count). The Morgan fingerprint density at radius 1 is 1.44 bits per heavy atom. The van der Waals surface area contributed by atoms with E-state index in [0.717, 1.165) is 0 Å². The third-order valence-corrected chi connectivity index (χ3v) is 3.09. The molecule has 0 spiro atoms. The minimum atomic E-state index is -0.268. The van der Waals surface area contributed by atoms with Crippen LogP contribution in [0.2, 0.25) is 5.02 Å². The van der Waals surface area contributed by atoms with Crippen molar-refractivity contribution < 1.29 is 9.53 Å². The van der Waals surface area contributed by atoms with Crippen molar-refractivity contribution >= 4 is 17.5 Å². The smallest absolute Gasteiger partial charge is 0.257 e. The third-order valence-electron chi connectivity index (χ3n) is 2.76. The standard InChI is InChI=1S/C12H14ClNO2/c1-12(2)7-16-8-14(12)11(15)9-5-3-4-6-10(9)13/h3-6H,7-8H2,1-2H3. The number of ether oxygens (including phenoxy) is 1. The van der Waals surface area contributed by atoms with Gasteiger partial charge < -0.3 is 9.64 Å². The molecule has 0 saturated carbocycles. The average Bonchev–Trinajstić information content (AvgIpc) is 2.58. The zero-order chi connectivity index (χ0) is 11.8. The Bertz CT molecular complexity index is 417. The Kier molecular flexibility index (Phi) is 2.91. The summed E-state index contributed by atoms with van der Waals surface area (Å²) in [5.41, 5.74) is 0.263. The second-order valence-corrected chi connectivity index (χ2v) is 4.91. The summed E-state index contributed by atoms with van der Waals surface area (Å²) in [5.74, 6) is -0.0758. The van der Waals surface area contributed by atoms with Gasteiger partial charge in [0.05, 0.1) is 22.7 Å². The van der Waals surface area contributed by atoms with Gasteiger partial charge in [0.15, 0.2) is 0 Å². The van der Waals surface area contributed by atoms with Crippen LogP contribution in [0.1, 0.15) is 24.2 Å². The number of hydrogen-bond donors (Lipinski definition) is 0. The number of nitrogens with zero attached hydrogens (tertiary/aromatic N) is 1. The van der Waals surface area contributed by atoms with Gasteiger partial charge in [0.25, 0.3) is 5.91 Å². The number of hydrogen-bond acceptors (Lipinski definition) is 2. The predicted octanol–water partition coefficient (Wildman–Crippen LogP) is 2.55. The molecule has 1 saturated heterocycles. The molecule has 0 atom stereocenters. The van der Waals surface area contributed by atoms with E-state index in [-0.39, 0.29) is 11.4 Å². The summed E-state index contributed by atoms with van der Waals surface area (Å²) in [5, 5.41) is 0.482. The quantitative estimate of drug-likeness (QED) is 0.754. The summed E-state index contributed by atoms with van der Waals surface area (Å²) in [6.07, 6.45) is 0. The highest BCUT2D eigenvalue weighted by Gasteiger charge is 2.37. The van der Waals surface area contributed by atoms with Crippen molar-refractivity contribution in [1.29, 1.82) is 0 Å². The molecule has 3 nitrogen and oxygen atoms in total. The first kappa shape index (κ1) is 11.4. The molecule has 16 heavy (non-hydrogen) atoms. The van der Waals surface area contributed by atoms with Gasteiger partial charge in [-0.1, -0.05) is 23.7 Å². The number of rotatable bonds is 1. The molecule has 1 aliphatic heterocycles. The van der Waals surface area contributed by atoms with E-state index in [2.05, 4.69) is 0 Å². The van der Waals surface area contributed by atoms with Gasteiger partial charge >= 0.3 is 0 Å². The number of carbonyl (C=O) groups excluding carboxylic acids is 1. The van der Waals surface area contributed by atoms with Gasteiger partial charge in [-0.15, -0.1) is 0 Å². The lowest BCUT2D eigenvalue weighted by molar-refractivity contribution is 0.0605. The molecule has 0 aromatic heterocycles. The van der Waals surface area contributed by atoms with Crippen molar-refractivity contribution in [2.75, 3.05) is 13.3 Å². The van der Waals surface area contributed by atoms with Crippen LogP contribution in [0.4, 0.5) is 0 Å². The SMILES string of the molecule is CC1(C)COCN1C(=O)c1ccccc1Cl. The number of amides is 1. The average molecular weight is 240 g/mol. The summed E-state index contributed by atoms with van der Waals surface area (Å²) in [6.45, 7) is 4.85. The van der Waals surface area contributed by atoms with Crippen molar-refractivity contribution in [3.8, 4) is 0 Å². The first-order valence-corrected chi connectivity index (χ1v) is 5.54. The van der Waals surface area contributed by atoms with Crippen molar-refractivity contribution in [3.63, 3.8) is 0 Å². The van der Waals surface area contributed by atoms with Gasteiger partial charge in [0.2, 0.25) is 0 Å². The van der Waals surface area contributed by atoms with Crippen molar-refractivity contribution in [1.82, 2.24) is 4.90 Å². The molecule has 0 unspecified atom stereocenters. The summed E-state index contributed by atoms with van der Waals surface area (Å²) < 4.78 is 5.32. The largest absolute Gasteiger partial charge is 0.359 e. The fraction of sp³-hybridized carbons (Fsp3) is 0.417. The molecule has 4 heteroatoms. The second kappa shape index (κ2) is 4.07. The molecule has 86 valence electrons. The molecule has 1 aliphatic rings. The van der Waals surface area contributed by atoms with Gasteiger partial charge in [-0.25, -0.2) is 0 Å². The number of carbonyl (C=O) groups is 1. The lowest BCUT2D eigenvalue weighted by Crippen LogP contribution is -2.44. The molecule has 0 bridgehead atoms. The first-order valence-electron chi connectivity index (χ1n) is 5.16. The van der Waals surface area contributed by atoms with Crippen LogP contribution in [-0.2, 0) is 4.74 Å². The van der Waals surface area contributed by atoms with E-state index in [1.807, 2.05) is 26.0 Å². The van der Waals surface area contributed by atoms with Gasteiger partial charge in [-0.2, -0.15) is 0 Å². The fourth-order valence-corrected chi connectivity index (χ4v) is 1.97. The maximum Gasteiger partial charge on any atom is 0.257 e. The van der Waals surface area contributed by atoms with Gasteiger partial charge in [-0.05, 0) is 26.0 Å². The lowest BCUT2D eigenvalue weighted by Gasteiger charge is -2.29. The van der Waals surface area contributed by atoms with Crippen molar-refractivity contribution in [3.05, 3.63) is 34.9 Å². The van der Waals surface area contributed by atoms with E-state index < -0.39 is 0 Å². The topological polar surface area (TPSA) is 29.5 Å². The van der Waals surface area contributed by atoms with Crippen LogP contribution < -0.4 is 0 Å². The number of benzene rings is 1. The lowest BCUT2D eigenvalue weighted by atomic mass is 10.0. The third kappa shape index (κ3) is 1.93. The molecule has 1 aromatic carbocycles. The fourth-order valence-electron chi connectivity index (χ4n) is 1.75. The molecule has 1 amide bonds. The second-order valence-electron chi connectivity index (χ2n) is 4.50. The minimum Gasteiger partial charge on any atom is -0.359 e. The Labute approximate surface area is 100.0 Å². The predicted molar refractivity (Wildman–Crippen MR) is 62.5 cm³/mol. The normalized spacial score (nSPS) is 18.8. The van der Waals surface area contributed by atoms with E-state index >= 15 is 0 Å². The molecule has 1 aromatic rings. The van der Waals surface area contributed by atoms with Crippen LogP contribution in [0.3, 0.4) is 0 Å². The maximum absolute atomic E-state index is 12.2. The van der Waals surface area contributed by atoms with Crippen LogP contribution in [0, 0.1) is 0 Å². The first-order chi connectivity index (χ1) is 7.52. The van der Waals surface area contributed by atoms with Crippen molar-refractivity contribution in [2.24, 2.45) is 0 Å². The summed E-state index contributed by atoms with van der Waals surface area (Å²) in [6, 6.07) is 7.07. The van der Waals surface area contributed by atoms with E-state index in [0.29, 0.717) is 23.9 Å². The molecular formula is C12H14ClNO2. The highest BCUT2D eigenvalue weighted by molar-refractivity contribution is 6.33. The molecule has 0 aliphatic carbocycles. The molecular weight excluding hydrogens is 226 g/mol. The van der Waals surface area contributed by atoms with Gasteiger partial charge in [0, 0.05) is 0 Å². The van der Waals surface area contributed by atoms with E-state index in [4.69, 9.17) is 16.3 Å². The molecule has 0 N–H and O–H groups in total. The molecule has 0 radical (unpaired) electrons. The van der Waals surface area contributed by atoms with Crippen molar-refractivity contribution in [2.45, 2.75) is 19.4 Å². The summed E-state index contributed by atoms with van der Waals surface area (Å²) >= 11 is 6.00. The van der Waals surface area contributed by atoms with E-state index in [1.165, 1.54) is 0 Å². The summed E-state index contributed by atoms with van der Waals surface area (Å²) in [4.78, 5) is 13.9. The van der Waals surface area contributed by atoms with Gasteiger partial charge in [0.1, 0.15) is 6.73 Å². The minimum absolute atomic E-state index is 0.0758. The highest BCUT2D eigenvalue weighted by Crippen LogP contribution is 2.26. The van der Waals surface area contributed by atoms with Crippen LogP contribution >= 0.6 is 11.6 Å². The summed E-state index contributed by atoms with van der Waals surface area (Å²) in [7, 11) is 0. The maximum atomic E-state index is 12.2. The Hall–Kier alpha value is -1.06. The highest BCUT2D eigenvalue weighted by atomic mass is 35.5. The van der Waals surface area contributed by atoms with Crippen LogP contribution in [0.15, 0.2) is 24.3 Å². The monoisotopic (exact) mass is 239 g/mol. The van der Waals surface area contributed by atoms with Crippen LogP contribution in [-0.4, -0.2) is 29.7 Å². The molecule has 1 heterocycles. The van der Waals surface area contributed by atoms with E-state index in [1.54, 1.807) is 17.0 Å². The Morgan fingerprint density at radius 2 is 2.12 bits per heavy atom. The van der Waals surface area contributed by atoms with Crippen LogP contribution in [0.5, 0.6) is 0 Å².